The van der Waals surface area contributed by atoms with Crippen molar-refractivity contribution in [1.82, 2.24) is 0 Å². The molecule has 2 aromatic carbocycles. The lowest BCUT2D eigenvalue weighted by atomic mass is 10.1. The second kappa shape index (κ2) is 4.62. The summed E-state index contributed by atoms with van der Waals surface area (Å²) in [7, 11) is 0. The third-order valence-electron chi connectivity index (χ3n) is 2.20. The van der Waals surface area contributed by atoms with Gasteiger partial charge in [0.25, 0.3) is 0 Å². The van der Waals surface area contributed by atoms with E-state index in [2.05, 4.69) is 11.4 Å². The average molecular weight is 210 g/mol. The monoisotopic (exact) mass is 210 g/mol. The van der Waals surface area contributed by atoms with Gasteiger partial charge in [-0.2, -0.15) is 0 Å². The van der Waals surface area contributed by atoms with E-state index in [0.29, 0.717) is 0 Å². The Balaban J connectivity index is 2.33. The number of benzene rings is 2. The van der Waals surface area contributed by atoms with E-state index in [1.54, 1.807) is 0 Å². The summed E-state index contributed by atoms with van der Waals surface area (Å²) < 4.78 is 0. The molecule has 0 aliphatic carbocycles. The van der Waals surface area contributed by atoms with Gasteiger partial charge < -0.3 is 5.32 Å². The molecule has 0 atom stereocenters. The molecule has 0 saturated heterocycles. The maximum Gasteiger partial charge on any atom is 0.221 e. The molecular weight excluding hydrogens is 198 g/mol. The van der Waals surface area contributed by atoms with Gasteiger partial charge in [0.05, 0.1) is 0 Å². The molecule has 2 aromatic rings. The molecule has 0 bridgehead atoms. The van der Waals surface area contributed by atoms with E-state index in [1.807, 2.05) is 48.5 Å². The first kappa shape index (κ1) is 10.4. The van der Waals surface area contributed by atoms with Crippen molar-refractivity contribution in [2.24, 2.45) is 0 Å². The van der Waals surface area contributed by atoms with Crippen LogP contribution in [-0.4, -0.2) is 5.91 Å². The van der Waals surface area contributed by atoms with Gasteiger partial charge >= 0.3 is 0 Å². The zero-order valence-electron chi connectivity index (χ0n) is 9.03. The minimum Gasteiger partial charge on any atom is -0.326 e. The third kappa shape index (κ3) is 2.48. The molecule has 2 rings (SSSR count). The second-order valence-corrected chi connectivity index (χ2v) is 3.54. The Kier molecular flexibility index (Phi) is 3.01. The van der Waals surface area contributed by atoms with Gasteiger partial charge in [0.2, 0.25) is 5.91 Å². The average Bonchev–Trinajstić information content (AvgIpc) is 2.30. The highest BCUT2D eigenvalue weighted by atomic mass is 16.1. The summed E-state index contributed by atoms with van der Waals surface area (Å²) in [5.41, 5.74) is 2.88. The first-order valence-corrected chi connectivity index (χ1v) is 5.10. The van der Waals surface area contributed by atoms with E-state index in [-0.39, 0.29) is 5.91 Å². The predicted molar refractivity (Wildman–Crippen MR) is 65.0 cm³/mol. The van der Waals surface area contributed by atoms with Crippen LogP contribution in [0, 0.1) is 6.07 Å². The van der Waals surface area contributed by atoms with Gasteiger partial charge in [0.1, 0.15) is 0 Å². The normalized spacial score (nSPS) is 9.81. The Labute approximate surface area is 94.9 Å². The molecule has 79 valence electrons. The van der Waals surface area contributed by atoms with Crippen molar-refractivity contribution in [1.29, 1.82) is 0 Å². The van der Waals surface area contributed by atoms with Gasteiger partial charge in [-0.05, 0) is 29.3 Å². The Hall–Kier alpha value is -2.09. The van der Waals surface area contributed by atoms with E-state index >= 15 is 0 Å². The topological polar surface area (TPSA) is 29.1 Å². The largest absolute Gasteiger partial charge is 0.326 e. The van der Waals surface area contributed by atoms with Crippen molar-refractivity contribution in [2.75, 3.05) is 5.32 Å². The molecule has 1 radical (unpaired) electrons. The highest BCUT2D eigenvalue weighted by molar-refractivity contribution is 5.89. The number of nitrogens with one attached hydrogen (secondary N) is 1. The van der Waals surface area contributed by atoms with Crippen LogP contribution in [0.3, 0.4) is 0 Å². The van der Waals surface area contributed by atoms with E-state index < -0.39 is 0 Å². The van der Waals surface area contributed by atoms with Crippen molar-refractivity contribution in [3.63, 3.8) is 0 Å². The van der Waals surface area contributed by atoms with Crippen molar-refractivity contribution in [3.8, 4) is 11.1 Å². The van der Waals surface area contributed by atoms with Crippen molar-refractivity contribution in [2.45, 2.75) is 6.92 Å². The molecule has 16 heavy (non-hydrogen) atoms. The molecule has 2 heteroatoms. The van der Waals surface area contributed by atoms with Gasteiger partial charge in [-0.1, -0.05) is 36.4 Å². The molecule has 0 aliphatic rings. The van der Waals surface area contributed by atoms with E-state index in [4.69, 9.17) is 0 Å². The van der Waals surface area contributed by atoms with Crippen LogP contribution < -0.4 is 5.32 Å². The fourth-order valence-corrected chi connectivity index (χ4v) is 1.54. The van der Waals surface area contributed by atoms with Crippen LogP contribution in [0.1, 0.15) is 6.92 Å². The van der Waals surface area contributed by atoms with Crippen LogP contribution >= 0.6 is 0 Å². The summed E-state index contributed by atoms with van der Waals surface area (Å²) in [4.78, 5) is 10.9. The molecule has 0 aromatic heterocycles. The van der Waals surface area contributed by atoms with E-state index in [1.165, 1.54) is 6.92 Å². The highest BCUT2D eigenvalue weighted by Crippen LogP contribution is 2.21. The predicted octanol–water partition coefficient (Wildman–Crippen LogP) is 3.11. The number of hydrogen-bond donors (Lipinski definition) is 1. The number of hydrogen-bond acceptors (Lipinski definition) is 1. The van der Waals surface area contributed by atoms with Gasteiger partial charge in [-0.15, -0.1) is 0 Å². The minimum absolute atomic E-state index is 0.0609. The molecule has 0 heterocycles. The lowest BCUT2D eigenvalue weighted by molar-refractivity contribution is -0.114. The minimum atomic E-state index is -0.0609. The van der Waals surface area contributed by atoms with Crippen molar-refractivity contribution >= 4 is 11.6 Å². The van der Waals surface area contributed by atoms with Crippen LogP contribution in [0.2, 0.25) is 0 Å². The Morgan fingerprint density at radius 3 is 2.75 bits per heavy atom. The quantitative estimate of drug-likeness (QED) is 0.810. The molecular formula is C14H12NO. The maximum atomic E-state index is 10.9. The molecule has 0 spiro atoms. The molecule has 1 N–H and O–H groups in total. The third-order valence-corrected chi connectivity index (χ3v) is 2.20. The fraction of sp³-hybridized carbons (Fsp3) is 0.0714. The fourth-order valence-electron chi connectivity index (χ4n) is 1.54. The van der Waals surface area contributed by atoms with Crippen LogP contribution in [0.4, 0.5) is 5.69 Å². The zero-order chi connectivity index (χ0) is 11.4. The van der Waals surface area contributed by atoms with Gasteiger partial charge in [0.15, 0.2) is 0 Å². The Bertz CT molecular complexity index is 491. The van der Waals surface area contributed by atoms with Gasteiger partial charge in [-0.3, -0.25) is 4.79 Å². The second-order valence-electron chi connectivity index (χ2n) is 3.54. The number of amides is 1. The summed E-state index contributed by atoms with van der Waals surface area (Å²) in [5, 5.41) is 2.76. The number of rotatable bonds is 2. The molecule has 0 aliphatic heterocycles. The standard InChI is InChI=1S/C14H12NO/c1-11(16)15-14-9-5-8-13(10-14)12-6-3-2-4-7-12/h2-6,8-10H,1H3,(H,15,16). The van der Waals surface area contributed by atoms with Crippen LogP contribution in [-0.2, 0) is 4.79 Å². The van der Waals surface area contributed by atoms with Crippen LogP contribution in [0.25, 0.3) is 11.1 Å². The van der Waals surface area contributed by atoms with Crippen molar-refractivity contribution < 1.29 is 4.79 Å². The molecule has 2 nitrogen and oxygen atoms in total. The summed E-state index contributed by atoms with van der Waals surface area (Å²) in [6.07, 6.45) is 0. The maximum absolute atomic E-state index is 10.9. The molecule has 0 fully saturated rings. The summed E-state index contributed by atoms with van der Waals surface area (Å²) >= 11 is 0. The lowest BCUT2D eigenvalue weighted by Crippen LogP contribution is -2.05. The van der Waals surface area contributed by atoms with Gasteiger partial charge in [0, 0.05) is 12.6 Å². The smallest absolute Gasteiger partial charge is 0.221 e. The summed E-state index contributed by atoms with van der Waals surface area (Å²) in [6.45, 7) is 1.50. The molecule has 1 amide bonds. The highest BCUT2D eigenvalue weighted by Gasteiger charge is 1.99. The SMILES string of the molecule is CC(=O)Nc1cccc(-c2[c]cccc2)c1. The number of carbonyl (C=O) groups excluding carboxylic acids is 1. The summed E-state index contributed by atoms with van der Waals surface area (Å²) in [5.74, 6) is -0.0609. The van der Waals surface area contributed by atoms with E-state index in [0.717, 1.165) is 16.8 Å². The van der Waals surface area contributed by atoms with Crippen LogP contribution in [0.5, 0.6) is 0 Å². The molecule has 0 unspecified atom stereocenters. The zero-order valence-corrected chi connectivity index (χ0v) is 9.03. The molecule has 0 saturated carbocycles. The number of carbonyl (C=O) groups is 1. The Morgan fingerprint density at radius 2 is 2.06 bits per heavy atom. The summed E-state index contributed by atoms with van der Waals surface area (Å²) in [6, 6.07) is 18.6. The number of anilines is 1. The van der Waals surface area contributed by atoms with Crippen molar-refractivity contribution in [3.05, 3.63) is 54.6 Å². The lowest BCUT2D eigenvalue weighted by Gasteiger charge is -2.05. The first-order valence-electron chi connectivity index (χ1n) is 5.10. The first-order chi connectivity index (χ1) is 7.75. The van der Waals surface area contributed by atoms with Gasteiger partial charge in [-0.25, -0.2) is 0 Å². The van der Waals surface area contributed by atoms with E-state index in [9.17, 15) is 4.79 Å². The Morgan fingerprint density at radius 1 is 1.19 bits per heavy atom. The van der Waals surface area contributed by atoms with Crippen LogP contribution in [0.15, 0.2) is 48.5 Å².